The van der Waals surface area contributed by atoms with Crippen LogP contribution in [0.4, 0.5) is 36.8 Å². The van der Waals surface area contributed by atoms with E-state index >= 15 is 0 Å². The van der Waals surface area contributed by atoms with Gasteiger partial charge in [0.05, 0.1) is 18.2 Å². The van der Waals surface area contributed by atoms with Crippen LogP contribution in [-0.2, 0) is 4.74 Å². The SMILES string of the molecule is CCOC(=O)NC([C@H]1C=Nc2ccccc21)(C(F)(F)F)C(F)(F)F. The number of hydrogen-bond donors (Lipinski definition) is 1. The number of para-hydroxylation sites is 1. The largest absolute Gasteiger partial charge is 0.450 e. The van der Waals surface area contributed by atoms with E-state index in [1.165, 1.54) is 25.1 Å². The predicted octanol–water partition coefficient (Wildman–Crippen LogP) is 4.10. The summed E-state index contributed by atoms with van der Waals surface area (Å²) in [7, 11) is 0. The lowest BCUT2D eigenvalue weighted by Gasteiger charge is -2.40. The number of fused-ring (bicyclic) bond motifs is 1. The van der Waals surface area contributed by atoms with Crippen LogP contribution in [0, 0.1) is 0 Å². The second-order valence-electron chi connectivity index (χ2n) is 4.96. The summed E-state index contributed by atoms with van der Waals surface area (Å²) < 4.78 is 85.6. The number of nitrogens with one attached hydrogen (secondary N) is 1. The summed E-state index contributed by atoms with van der Waals surface area (Å²) in [5.74, 6) is -2.27. The van der Waals surface area contributed by atoms with E-state index < -0.39 is 29.9 Å². The molecular weight excluding hydrogens is 342 g/mol. The Hall–Kier alpha value is -2.26. The van der Waals surface area contributed by atoms with Gasteiger partial charge in [0.1, 0.15) is 0 Å². The molecule has 4 nitrogen and oxygen atoms in total. The molecule has 1 N–H and O–H groups in total. The van der Waals surface area contributed by atoms with Crippen molar-refractivity contribution in [1.29, 1.82) is 0 Å². The third kappa shape index (κ3) is 2.80. The molecule has 0 bridgehead atoms. The van der Waals surface area contributed by atoms with Crippen LogP contribution in [0.25, 0.3) is 0 Å². The Morgan fingerprint density at radius 1 is 1.17 bits per heavy atom. The number of amides is 1. The molecule has 0 aromatic heterocycles. The van der Waals surface area contributed by atoms with Gasteiger partial charge >= 0.3 is 18.4 Å². The topological polar surface area (TPSA) is 50.7 Å². The number of hydrogen-bond acceptors (Lipinski definition) is 3. The molecule has 1 heterocycles. The lowest BCUT2D eigenvalue weighted by Crippen LogP contribution is -2.70. The van der Waals surface area contributed by atoms with E-state index in [4.69, 9.17) is 0 Å². The van der Waals surface area contributed by atoms with Gasteiger partial charge in [-0.3, -0.25) is 10.3 Å². The van der Waals surface area contributed by atoms with E-state index in [2.05, 4.69) is 9.73 Å². The fourth-order valence-electron chi connectivity index (χ4n) is 2.51. The average Bonchev–Trinajstić information content (AvgIpc) is 2.86. The number of halogens is 6. The number of alkyl carbamates (subject to hydrolysis) is 1. The van der Waals surface area contributed by atoms with Crippen molar-refractivity contribution in [2.45, 2.75) is 30.7 Å². The van der Waals surface area contributed by atoms with Gasteiger partial charge in [-0.05, 0) is 18.6 Å². The number of carbonyl (C=O) groups is 1. The van der Waals surface area contributed by atoms with Crippen molar-refractivity contribution in [2.75, 3.05) is 6.61 Å². The highest BCUT2D eigenvalue weighted by atomic mass is 19.4. The van der Waals surface area contributed by atoms with Crippen molar-refractivity contribution in [1.82, 2.24) is 5.32 Å². The zero-order valence-electron chi connectivity index (χ0n) is 12.2. The Bertz CT molecular complexity index is 639. The number of ether oxygens (including phenoxy) is 1. The molecule has 1 atom stereocenters. The van der Waals surface area contributed by atoms with Gasteiger partial charge in [0.25, 0.3) is 0 Å². The van der Waals surface area contributed by atoms with Gasteiger partial charge in [0, 0.05) is 6.21 Å². The van der Waals surface area contributed by atoms with Gasteiger partial charge in [-0.2, -0.15) is 26.3 Å². The second-order valence-corrected chi connectivity index (χ2v) is 4.96. The molecule has 1 aliphatic rings. The van der Waals surface area contributed by atoms with Gasteiger partial charge in [0.2, 0.25) is 5.54 Å². The number of rotatable bonds is 3. The van der Waals surface area contributed by atoms with Gasteiger partial charge in [0.15, 0.2) is 0 Å². The molecular formula is C14H12F6N2O2. The van der Waals surface area contributed by atoms with Crippen molar-refractivity contribution in [3.8, 4) is 0 Å². The van der Waals surface area contributed by atoms with Crippen molar-refractivity contribution in [3.05, 3.63) is 29.8 Å². The predicted molar refractivity (Wildman–Crippen MR) is 72.3 cm³/mol. The summed E-state index contributed by atoms with van der Waals surface area (Å²) in [6.07, 6.45) is -13.0. The van der Waals surface area contributed by atoms with Crippen molar-refractivity contribution >= 4 is 18.0 Å². The van der Waals surface area contributed by atoms with Crippen LogP contribution in [0.2, 0.25) is 0 Å². The average molecular weight is 354 g/mol. The summed E-state index contributed by atoms with van der Waals surface area (Å²) in [6.45, 7) is 0.877. The summed E-state index contributed by atoms with van der Waals surface area (Å²) in [5, 5.41) is 0.992. The Morgan fingerprint density at radius 3 is 2.29 bits per heavy atom. The minimum Gasteiger partial charge on any atom is -0.450 e. The lowest BCUT2D eigenvalue weighted by molar-refractivity contribution is -0.306. The molecule has 0 radical (unpaired) electrons. The van der Waals surface area contributed by atoms with Crippen LogP contribution in [0.15, 0.2) is 29.3 Å². The van der Waals surface area contributed by atoms with E-state index in [-0.39, 0.29) is 17.9 Å². The zero-order chi connectivity index (χ0) is 18.2. The maximum atomic E-state index is 13.6. The smallest absolute Gasteiger partial charge is 0.421 e. The van der Waals surface area contributed by atoms with Crippen LogP contribution in [0.3, 0.4) is 0 Å². The highest BCUT2D eigenvalue weighted by Gasteiger charge is 2.76. The number of alkyl halides is 6. The fraction of sp³-hybridized carbons (Fsp3) is 0.429. The fourth-order valence-corrected chi connectivity index (χ4v) is 2.51. The molecule has 0 unspecified atom stereocenters. The third-order valence-electron chi connectivity index (χ3n) is 3.57. The van der Waals surface area contributed by atoms with Gasteiger partial charge in [-0.1, -0.05) is 18.2 Å². The standard InChI is InChI=1S/C14H12F6N2O2/c1-2-24-11(23)22-12(13(15,16)17,14(18,19)20)9-7-21-10-6-4-3-5-8(9)10/h3-7,9H,2H2,1H3,(H,22,23)/t9-/m0/s1. The Morgan fingerprint density at radius 2 is 1.75 bits per heavy atom. The maximum Gasteiger partial charge on any atom is 0.421 e. The number of nitrogens with zero attached hydrogens (tertiary/aromatic N) is 1. The normalized spacial score (nSPS) is 17.5. The summed E-state index contributed by atoms with van der Waals surface area (Å²) in [6, 6.07) is 5.11. The lowest BCUT2D eigenvalue weighted by atomic mass is 9.79. The molecule has 24 heavy (non-hydrogen) atoms. The maximum absolute atomic E-state index is 13.6. The Kier molecular flexibility index (Phi) is 4.51. The molecule has 0 saturated heterocycles. The van der Waals surface area contributed by atoms with Gasteiger partial charge in [-0.25, -0.2) is 4.79 Å². The molecule has 1 aromatic rings. The molecule has 1 amide bonds. The molecule has 1 aliphatic heterocycles. The Balaban J connectivity index is 2.63. The van der Waals surface area contributed by atoms with E-state index in [0.717, 1.165) is 11.4 Å². The van der Waals surface area contributed by atoms with Gasteiger partial charge in [-0.15, -0.1) is 0 Å². The van der Waals surface area contributed by atoms with E-state index in [9.17, 15) is 31.1 Å². The van der Waals surface area contributed by atoms with Crippen LogP contribution in [0.1, 0.15) is 18.4 Å². The van der Waals surface area contributed by atoms with Crippen molar-refractivity contribution in [2.24, 2.45) is 4.99 Å². The van der Waals surface area contributed by atoms with Crippen molar-refractivity contribution < 1.29 is 35.9 Å². The van der Waals surface area contributed by atoms with Crippen LogP contribution in [0.5, 0.6) is 0 Å². The summed E-state index contributed by atoms with van der Waals surface area (Å²) >= 11 is 0. The first-order valence-corrected chi connectivity index (χ1v) is 6.76. The van der Waals surface area contributed by atoms with Crippen LogP contribution in [-0.4, -0.2) is 36.8 Å². The molecule has 0 saturated carbocycles. The van der Waals surface area contributed by atoms with E-state index in [1.54, 1.807) is 0 Å². The Labute approximate surface area is 132 Å². The quantitative estimate of drug-likeness (QED) is 0.831. The molecule has 0 spiro atoms. The molecule has 10 heteroatoms. The highest BCUT2D eigenvalue weighted by Crippen LogP contribution is 2.53. The molecule has 1 aromatic carbocycles. The van der Waals surface area contributed by atoms with E-state index in [0.29, 0.717) is 6.21 Å². The minimum absolute atomic E-state index is 0.0222. The monoisotopic (exact) mass is 354 g/mol. The first-order chi connectivity index (χ1) is 11.0. The zero-order valence-corrected chi connectivity index (χ0v) is 12.2. The molecule has 0 aliphatic carbocycles. The number of aliphatic imine (C=N–C) groups is 1. The summed E-state index contributed by atoms with van der Waals surface area (Å²) in [4.78, 5) is 15.1. The number of carbonyl (C=O) groups excluding carboxylic acids is 1. The second kappa shape index (κ2) is 5.99. The van der Waals surface area contributed by atoms with Gasteiger partial charge < -0.3 is 4.74 Å². The van der Waals surface area contributed by atoms with Crippen LogP contribution >= 0.6 is 0 Å². The third-order valence-corrected chi connectivity index (χ3v) is 3.57. The molecule has 132 valence electrons. The van der Waals surface area contributed by atoms with Crippen molar-refractivity contribution in [3.63, 3.8) is 0 Å². The molecule has 0 fully saturated rings. The minimum atomic E-state index is -5.84. The number of benzene rings is 1. The van der Waals surface area contributed by atoms with E-state index in [1.807, 2.05) is 0 Å². The first-order valence-electron chi connectivity index (χ1n) is 6.76. The summed E-state index contributed by atoms with van der Waals surface area (Å²) in [5.41, 5.74) is -4.86. The highest BCUT2D eigenvalue weighted by molar-refractivity contribution is 5.84. The molecule has 2 rings (SSSR count). The first kappa shape index (κ1) is 18.1. The van der Waals surface area contributed by atoms with Crippen LogP contribution < -0.4 is 5.32 Å².